The van der Waals surface area contributed by atoms with Crippen molar-refractivity contribution in [3.63, 3.8) is 0 Å². The lowest BCUT2D eigenvalue weighted by Crippen LogP contribution is -2.32. The van der Waals surface area contributed by atoms with Gasteiger partial charge < -0.3 is 24.8 Å². The van der Waals surface area contributed by atoms with Crippen LogP contribution in [0.1, 0.15) is 0 Å². The van der Waals surface area contributed by atoms with E-state index in [-0.39, 0.29) is 25.0 Å². The first-order valence-electron chi connectivity index (χ1n) is 7.27. The lowest BCUT2D eigenvalue weighted by atomic mass is 10.3. The first-order valence-corrected chi connectivity index (χ1v) is 7.27. The SMILES string of the molecule is COc1ccc(NC(=O)NCCOc2cccc(F)c2)cc1OC. The lowest BCUT2D eigenvalue weighted by molar-refractivity contribution is 0.247. The Morgan fingerprint density at radius 1 is 1.08 bits per heavy atom. The van der Waals surface area contributed by atoms with Crippen LogP contribution in [0.2, 0.25) is 0 Å². The van der Waals surface area contributed by atoms with Crippen molar-refractivity contribution in [2.45, 2.75) is 0 Å². The van der Waals surface area contributed by atoms with E-state index in [9.17, 15) is 9.18 Å². The summed E-state index contributed by atoms with van der Waals surface area (Å²) in [6.07, 6.45) is 0. The molecule has 0 aromatic heterocycles. The molecule has 0 aliphatic rings. The Morgan fingerprint density at radius 2 is 1.88 bits per heavy atom. The monoisotopic (exact) mass is 334 g/mol. The summed E-state index contributed by atoms with van der Waals surface area (Å²) >= 11 is 0. The molecule has 2 aromatic carbocycles. The molecule has 0 atom stereocenters. The van der Waals surface area contributed by atoms with E-state index < -0.39 is 0 Å². The number of amides is 2. The van der Waals surface area contributed by atoms with Gasteiger partial charge in [0.25, 0.3) is 0 Å². The van der Waals surface area contributed by atoms with Crippen molar-refractivity contribution in [3.05, 3.63) is 48.3 Å². The van der Waals surface area contributed by atoms with E-state index in [1.165, 1.54) is 26.4 Å². The minimum atomic E-state index is -0.384. The van der Waals surface area contributed by atoms with Gasteiger partial charge in [-0.1, -0.05) is 6.07 Å². The molecule has 7 heteroatoms. The molecule has 0 spiro atoms. The molecule has 2 amide bonds. The number of anilines is 1. The van der Waals surface area contributed by atoms with Gasteiger partial charge in [0.2, 0.25) is 0 Å². The van der Waals surface area contributed by atoms with Crippen LogP contribution in [-0.2, 0) is 0 Å². The highest BCUT2D eigenvalue weighted by Crippen LogP contribution is 2.29. The second kappa shape index (κ2) is 8.61. The highest BCUT2D eigenvalue weighted by atomic mass is 19.1. The standard InChI is InChI=1S/C17H19FN2O4/c1-22-15-7-6-13(11-16(15)23-2)20-17(21)19-8-9-24-14-5-3-4-12(18)10-14/h3-7,10-11H,8-9H2,1-2H3,(H2,19,20,21). The Bertz CT molecular complexity index is 694. The number of methoxy groups -OCH3 is 2. The number of urea groups is 1. The Labute approximate surface area is 139 Å². The molecule has 2 aromatic rings. The number of hydrogen-bond acceptors (Lipinski definition) is 4. The quantitative estimate of drug-likeness (QED) is 0.764. The second-order valence-corrected chi connectivity index (χ2v) is 4.76. The Hall–Kier alpha value is -2.96. The number of benzene rings is 2. The van der Waals surface area contributed by atoms with E-state index in [1.807, 2.05) is 0 Å². The lowest BCUT2D eigenvalue weighted by Gasteiger charge is -2.11. The molecule has 0 saturated heterocycles. The zero-order valence-electron chi connectivity index (χ0n) is 13.5. The molecule has 0 aliphatic carbocycles. The van der Waals surface area contributed by atoms with Crippen LogP contribution in [0, 0.1) is 5.82 Å². The van der Waals surface area contributed by atoms with Crippen LogP contribution in [0.25, 0.3) is 0 Å². The number of nitrogens with one attached hydrogen (secondary N) is 2. The van der Waals surface area contributed by atoms with Gasteiger partial charge in [-0.3, -0.25) is 0 Å². The molecular formula is C17H19FN2O4. The number of carbonyl (C=O) groups excluding carboxylic acids is 1. The highest BCUT2D eigenvalue weighted by molar-refractivity contribution is 5.89. The van der Waals surface area contributed by atoms with E-state index >= 15 is 0 Å². The molecule has 128 valence electrons. The minimum Gasteiger partial charge on any atom is -0.493 e. The van der Waals surface area contributed by atoms with Crippen molar-refractivity contribution in [3.8, 4) is 17.2 Å². The molecule has 6 nitrogen and oxygen atoms in total. The van der Waals surface area contributed by atoms with Crippen LogP contribution in [-0.4, -0.2) is 33.4 Å². The third-order valence-corrected chi connectivity index (χ3v) is 3.09. The van der Waals surface area contributed by atoms with Crippen molar-refractivity contribution < 1.29 is 23.4 Å². The Morgan fingerprint density at radius 3 is 2.58 bits per heavy atom. The van der Waals surface area contributed by atoms with Gasteiger partial charge in [0.15, 0.2) is 11.5 Å². The fourth-order valence-electron chi connectivity index (χ4n) is 1.98. The summed E-state index contributed by atoms with van der Waals surface area (Å²) in [5.41, 5.74) is 0.566. The second-order valence-electron chi connectivity index (χ2n) is 4.76. The average molecular weight is 334 g/mol. The summed E-state index contributed by atoms with van der Waals surface area (Å²) in [6.45, 7) is 0.498. The average Bonchev–Trinajstić information content (AvgIpc) is 2.58. The summed E-state index contributed by atoms with van der Waals surface area (Å²) in [6, 6.07) is 10.5. The molecule has 2 N–H and O–H groups in total. The van der Waals surface area contributed by atoms with Crippen molar-refractivity contribution in [2.75, 3.05) is 32.7 Å². The van der Waals surface area contributed by atoms with Crippen LogP contribution in [0.4, 0.5) is 14.9 Å². The number of rotatable bonds is 7. The fraction of sp³-hybridized carbons (Fsp3) is 0.235. The summed E-state index contributed by atoms with van der Waals surface area (Å²) in [5, 5.41) is 5.32. The van der Waals surface area contributed by atoms with E-state index in [2.05, 4.69) is 10.6 Å². The maximum Gasteiger partial charge on any atom is 0.319 e. The van der Waals surface area contributed by atoms with Gasteiger partial charge in [0, 0.05) is 17.8 Å². The maximum absolute atomic E-state index is 13.0. The zero-order valence-corrected chi connectivity index (χ0v) is 13.5. The predicted octanol–water partition coefficient (Wildman–Crippen LogP) is 3.04. The molecule has 0 bridgehead atoms. The van der Waals surface area contributed by atoms with Crippen molar-refractivity contribution in [2.24, 2.45) is 0 Å². The molecule has 24 heavy (non-hydrogen) atoms. The predicted molar refractivity (Wildman–Crippen MR) is 88.5 cm³/mol. The number of carbonyl (C=O) groups is 1. The van der Waals surface area contributed by atoms with Gasteiger partial charge in [-0.2, -0.15) is 0 Å². The molecule has 0 saturated carbocycles. The first-order chi connectivity index (χ1) is 11.6. The molecule has 0 aliphatic heterocycles. The van der Waals surface area contributed by atoms with E-state index in [1.54, 1.807) is 30.3 Å². The molecule has 0 radical (unpaired) electrons. The van der Waals surface area contributed by atoms with E-state index in [0.717, 1.165) is 0 Å². The molecular weight excluding hydrogens is 315 g/mol. The zero-order chi connectivity index (χ0) is 17.4. The van der Waals surface area contributed by atoms with Gasteiger partial charge in [-0.25, -0.2) is 9.18 Å². The van der Waals surface area contributed by atoms with Gasteiger partial charge in [0.1, 0.15) is 18.2 Å². The van der Waals surface area contributed by atoms with Gasteiger partial charge >= 0.3 is 6.03 Å². The molecule has 2 rings (SSSR count). The summed E-state index contributed by atoms with van der Waals surface area (Å²) in [7, 11) is 3.06. The molecule has 0 fully saturated rings. The van der Waals surface area contributed by atoms with Crippen molar-refractivity contribution >= 4 is 11.7 Å². The molecule has 0 unspecified atom stereocenters. The largest absolute Gasteiger partial charge is 0.493 e. The van der Waals surface area contributed by atoms with Gasteiger partial charge in [-0.15, -0.1) is 0 Å². The van der Waals surface area contributed by atoms with Crippen LogP contribution in [0.15, 0.2) is 42.5 Å². The fourth-order valence-corrected chi connectivity index (χ4v) is 1.98. The summed E-state index contributed by atoms with van der Waals surface area (Å²) < 4.78 is 28.6. The normalized spacial score (nSPS) is 9.96. The van der Waals surface area contributed by atoms with Gasteiger partial charge in [-0.05, 0) is 24.3 Å². The van der Waals surface area contributed by atoms with Crippen LogP contribution < -0.4 is 24.8 Å². The number of ether oxygens (including phenoxy) is 3. The maximum atomic E-state index is 13.0. The van der Waals surface area contributed by atoms with Crippen LogP contribution in [0.3, 0.4) is 0 Å². The van der Waals surface area contributed by atoms with Crippen molar-refractivity contribution in [1.29, 1.82) is 0 Å². The van der Waals surface area contributed by atoms with Crippen molar-refractivity contribution in [1.82, 2.24) is 5.32 Å². The summed E-state index contributed by atoms with van der Waals surface area (Å²) in [4.78, 5) is 11.8. The first kappa shape index (κ1) is 17.4. The minimum absolute atomic E-state index is 0.225. The van der Waals surface area contributed by atoms with E-state index in [4.69, 9.17) is 14.2 Å². The summed E-state index contributed by atoms with van der Waals surface area (Å²) in [5.74, 6) is 1.14. The third-order valence-electron chi connectivity index (χ3n) is 3.09. The third kappa shape index (κ3) is 5.05. The van der Waals surface area contributed by atoms with Crippen LogP contribution in [0.5, 0.6) is 17.2 Å². The smallest absolute Gasteiger partial charge is 0.319 e. The topological polar surface area (TPSA) is 68.8 Å². The Balaban J connectivity index is 1.77. The van der Waals surface area contributed by atoms with Gasteiger partial charge in [0.05, 0.1) is 20.8 Å². The number of hydrogen-bond donors (Lipinski definition) is 2. The van der Waals surface area contributed by atoms with Crippen LogP contribution >= 0.6 is 0 Å². The number of halogens is 1. The Kier molecular flexibility index (Phi) is 6.24. The highest BCUT2D eigenvalue weighted by Gasteiger charge is 2.07. The van der Waals surface area contributed by atoms with E-state index in [0.29, 0.717) is 22.9 Å². The molecule has 0 heterocycles.